The number of nitrogens with zero attached hydrogens (tertiary/aromatic N) is 1. The van der Waals surface area contributed by atoms with Crippen LogP contribution in [0.5, 0.6) is 0 Å². The highest BCUT2D eigenvalue weighted by Crippen LogP contribution is 2.11. The van der Waals surface area contributed by atoms with E-state index >= 15 is 0 Å². The molecule has 6 nitrogen and oxygen atoms in total. The summed E-state index contributed by atoms with van der Waals surface area (Å²) in [5.74, 6) is -0.224. The van der Waals surface area contributed by atoms with E-state index < -0.39 is 5.60 Å². The van der Waals surface area contributed by atoms with Gasteiger partial charge in [-0.2, -0.15) is 0 Å². The molecule has 3 N–H and O–H groups in total. The number of hydrogen-bond donors (Lipinski definition) is 3. The number of aliphatic hydroxyl groups is 1. The van der Waals surface area contributed by atoms with E-state index in [1.807, 2.05) is 0 Å². The highest BCUT2D eigenvalue weighted by Gasteiger charge is 2.26. The van der Waals surface area contributed by atoms with E-state index in [9.17, 15) is 9.90 Å². The predicted molar refractivity (Wildman–Crippen MR) is 78.7 cm³/mol. The first kappa shape index (κ1) is 15.5. The van der Waals surface area contributed by atoms with Crippen molar-refractivity contribution >= 4 is 21.8 Å². The molecule has 1 aromatic heterocycles. The molecule has 1 fully saturated rings. The number of aromatic nitrogens is 1. The second kappa shape index (κ2) is 6.71. The van der Waals surface area contributed by atoms with Crippen molar-refractivity contribution in [3.05, 3.63) is 22.4 Å². The van der Waals surface area contributed by atoms with Gasteiger partial charge in [-0.3, -0.25) is 9.69 Å². The Morgan fingerprint density at radius 2 is 2.30 bits per heavy atom. The monoisotopic (exact) mass is 345 g/mol. The number of aromatic amines is 1. The fourth-order valence-electron chi connectivity index (χ4n) is 2.16. The van der Waals surface area contributed by atoms with Crippen LogP contribution in [0.4, 0.5) is 0 Å². The Kier molecular flexibility index (Phi) is 5.20. The molecule has 1 aliphatic rings. The molecular weight excluding hydrogens is 326 g/mol. The number of halogens is 1. The molecule has 1 aliphatic heterocycles. The third-order valence-electron chi connectivity index (χ3n) is 3.19. The van der Waals surface area contributed by atoms with Gasteiger partial charge in [0, 0.05) is 36.8 Å². The van der Waals surface area contributed by atoms with E-state index in [-0.39, 0.29) is 12.5 Å². The number of β-amino-alcohol motifs (C(OH)–C–C–N with tert-alkyl or cyclic N) is 1. The Labute approximate surface area is 126 Å². The van der Waals surface area contributed by atoms with Gasteiger partial charge in [-0.25, -0.2) is 0 Å². The molecule has 1 aromatic rings. The molecule has 0 radical (unpaired) electrons. The zero-order valence-electron chi connectivity index (χ0n) is 11.5. The van der Waals surface area contributed by atoms with E-state index in [1.165, 1.54) is 0 Å². The fourth-order valence-corrected chi connectivity index (χ4v) is 2.51. The minimum atomic E-state index is -0.961. The number of H-pyrrole nitrogens is 1. The maximum absolute atomic E-state index is 11.9. The van der Waals surface area contributed by atoms with Gasteiger partial charge in [0.15, 0.2) is 0 Å². The second-order valence-corrected chi connectivity index (χ2v) is 6.22. The van der Waals surface area contributed by atoms with Crippen LogP contribution in [0.1, 0.15) is 17.4 Å². The predicted octanol–water partition coefficient (Wildman–Crippen LogP) is 0.590. The summed E-state index contributed by atoms with van der Waals surface area (Å²) in [4.78, 5) is 16.9. The van der Waals surface area contributed by atoms with Crippen LogP contribution in [0, 0.1) is 0 Å². The van der Waals surface area contributed by atoms with Crippen molar-refractivity contribution in [2.75, 3.05) is 39.4 Å². The molecule has 112 valence electrons. The maximum Gasteiger partial charge on any atom is 0.267 e. The van der Waals surface area contributed by atoms with Crippen LogP contribution in [0.3, 0.4) is 0 Å². The van der Waals surface area contributed by atoms with Crippen LogP contribution in [-0.2, 0) is 4.74 Å². The summed E-state index contributed by atoms with van der Waals surface area (Å²) in [7, 11) is 0. The molecule has 2 heterocycles. The fraction of sp³-hybridized carbons (Fsp3) is 0.615. The molecule has 1 saturated heterocycles. The van der Waals surface area contributed by atoms with Crippen LogP contribution >= 0.6 is 15.9 Å². The van der Waals surface area contributed by atoms with Crippen LogP contribution in [-0.4, -0.2) is 65.9 Å². The highest BCUT2D eigenvalue weighted by molar-refractivity contribution is 9.10. The lowest BCUT2D eigenvalue weighted by atomic mass is 10.1. The minimum absolute atomic E-state index is 0.208. The van der Waals surface area contributed by atoms with Crippen molar-refractivity contribution < 1.29 is 14.6 Å². The highest BCUT2D eigenvalue weighted by atomic mass is 79.9. The van der Waals surface area contributed by atoms with Crippen molar-refractivity contribution in [1.82, 2.24) is 15.2 Å². The standard InChI is InChI=1S/C13H20BrN3O3/c1-13(19,9-17-2-4-20-5-3-17)8-16-12(18)11-6-10(14)7-15-11/h6-7,15,19H,2-5,8-9H2,1H3,(H,16,18). The molecule has 20 heavy (non-hydrogen) atoms. The molecule has 1 unspecified atom stereocenters. The topological polar surface area (TPSA) is 77.6 Å². The Morgan fingerprint density at radius 3 is 2.90 bits per heavy atom. The largest absolute Gasteiger partial charge is 0.387 e. The normalized spacial score (nSPS) is 19.6. The van der Waals surface area contributed by atoms with Crippen LogP contribution < -0.4 is 5.32 Å². The number of morpholine rings is 1. The summed E-state index contributed by atoms with van der Waals surface area (Å²) in [6.07, 6.45) is 1.70. The summed E-state index contributed by atoms with van der Waals surface area (Å²) in [6.45, 7) is 5.47. The summed E-state index contributed by atoms with van der Waals surface area (Å²) < 4.78 is 6.09. The van der Waals surface area contributed by atoms with Crippen molar-refractivity contribution in [2.45, 2.75) is 12.5 Å². The first-order valence-corrected chi connectivity index (χ1v) is 7.40. The van der Waals surface area contributed by atoms with E-state index in [0.29, 0.717) is 25.5 Å². The zero-order valence-corrected chi connectivity index (χ0v) is 13.1. The van der Waals surface area contributed by atoms with Crippen molar-refractivity contribution in [2.24, 2.45) is 0 Å². The number of ether oxygens (including phenoxy) is 1. The molecule has 0 saturated carbocycles. The van der Waals surface area contributed by atoms with Gasteiger partial charge in [0.25, 0.3) is 5.91 Å². The third-order valence-corrected chi connectivity index (χ3v) is 3.65. The van der Waals surface area contributed by atoms with Gasteiger partial charge >= 0.3 is 0 Å². The van der Waals surface area contributed by atoms with E-state index in [0.717, 1.165) is 17.6 Å². The SMILES string of the molecule is CC(O)(CNC(=O)c1cc(Br)c[nH]1)CN1CCOCC1. The average molecular weight is 346 g/mol. The molecule has 0 spiro atoms. The van der Waals surface area contributed by atoms with E-state index in [2.05, 4.69) is 31.1 Å². The molecule has 0 aliphatic carbocycles. The summed E-state index contributed by atoms with van der Waals surface area (Å²) >= 11 is 3.28. The quantitative estimate of drug-likeness (QED) is 0.729. The summed E-state index contributed by atoms with van der Waals surface area (Å²) in [5, 5.41) is 13.1. The number of amides is 1. The minimum Gasteiger partial charge on any atom is -0.387 e. The number of carbonyl (C=O) groups excluding carboxylic acids is 1. The van der Waals surface area contributed by atoms with Gasteiger partial charge in [-0.15, -0.1) is 0 Å². The molecule has 0 aromatic carbocycles. The van der Waals surface area contributed by atoms with E-state index in [4.69, 9.17) is 4.74 Å². The lowest BCUT2D eigenvalue weighted by Gasteiger charge is -2.33. The van der Waals surface area contributed by atoms with Gasteiger partial charge < -0.3 is 20.1 Å². The molecule has 0 bridgehead atoms. The van der Waals surface area contributed by atoms with Gasteiger partial charge in [0.1, 0.15) is 5.69 Å². The van der Waals surface area contributed by atoms with Gasteiger partial charge in [-0.05, 0) is 28.9 Å². The lowest BCUT2D eigenvalue weighted by Crippen LogP contribution is -2.51. The van der Waals surface area contributed by atoms with Crippen LogP contribution in [0.25, 0.3) is 0 Å². The third kappa shape index (κ3) is 4.59. The Morgan fingerprint density at radius 1 is 1.60 bits per heavy atom. The number of carbonyl (C=O) groups is 1. The first-order valence-electron chi connectivity index (χ1n) is 6.61. The molecule has 1 amide bonds. The molecule has 1 atom stereocenters. The van der Waals surface area contributed by atoms with Crippen LogP contribution in [0.2, 0.25) is 0 Å². The zero-order chi connectivity index (χ0) is 14.6. The van der Waals surface area contributed by atoms with Crippen molar-refractivity contribution in [1.29, 1.82) is 0 Å². The number of nitrogens with one attached hydrogen (secondary N) is 2. The molecule has 2 rings (SSSR count). The maximum atomic E-state index is 11.9. The molecular formula is C13H20BrN3O3. The Bertz CT molecular complexity index is 455. The van der Waals surface area contributed by atoms with Crippen LogP contribution in [0.15, 0.2) is 16.7 Å². The lowest BCUT2D eigenvalue weighted by molar-refractivity contribution is -0.0213. The van der Waals surface area contributed by atoms with Gasteiger partial charge in [0.05, 0.1) is 18.8 Å². The van der Waals surface area contributed by atoms with Crippen molar-refractivity contribution in [3.63, 3.8) is 0 Å². The number of hydrogen-bond acceptors (Lipinski definition) is 4. The second-order valence-electron chi connectivity index (χ2n) is 5.30. The van der Waals surface area contributed by atoms with E-state index in [1.54, 1.807) is 19.2 Å². The first-order chi connectivity index (χ1) is 9.46. The molecule has 7 heteroatoms. The Balaban J connectivity index is 1.80. The van der Waals surface area contributed by atoms with Gasteiger partial charge in [-0.1, -0.05) is 0 Å². The average Bonchev–Trinajstić information content (AvgIpc) is 2.83. The summed E-state index contributed by atoms with van der Waals surface area (Å²) in [6, 6.07) is 1.70. The Hall–Kier alpha value is -0.890. The van der Waals surface area contributed by atoms with Gasteiger partial charge in [0.2, 0.25) is 0 Å². The smallest absolute Gasteiger partial charge is 0.267 e. The summed E-state index contributed by atoms with van der Waals surface area (Å²) in [5.41, 5.74) is -0.490. The van der Waals surface area contributed by atoms with Crippen molar-refractivity contribution in [3.8, 4) is 0 Å². The number of rotatable bonds is 5.